The molecule has 0 aliphatic rings. The minimum absolute atomic E-state index is 0. The monoisotopic (exact) mass is 220 g/mol. The Morgan fingerprint density at radius 2 is 2.00 bits per heavy atom. The third-order valence-electron chi connectivity index (χ3n) is 1.84. The first-order valence-electron chi connectivity index (χ1n) is 4.39. The number of rotatable bonds is 6. The summed E-state index contributed by atoms with van der Waals surface area (Å²) >= 11 is 0. The van der Waals surface area contributed by atoms with Gasteiger partial charge in [-0.2, -0.15) is 0 Å². The number of nitrogens with two attached hydrogens (primary N) is 2. The quantitative estimate of drug-likeness (QED) is 0.276. The summed E-state index contributed by atoms with van der Waals surface area (Å²) in [5.74, 6) is -0.776. The van der Waals surface area contributed by atoms with Crippen LogP contribution in [0.5, 0.6) is 0 Å². The van der Waals surface area contributed by atoms with Gasteiger partial charge in [0.1, 0.15) is 6.04 Å². The highest BCUT2D eigenvalue weighted by molar-refractivity contribution is 5.75. The normalized spacial score (nSPS) is 11.7. The first-order valence-corrected chi connectivity index (χ1v) is 4.39. The maximum absolute atomic E-state index is 10.7. The number of carboxylic acids is 1. The first-order chi connectivity index (χ1) is 6.45. The van der Waals surface area contributed by atoms with E-state index in [0.29, 0.717) is 19.4 Å². The van der Waals surface area contributed by atoms with Crippen molar-refractivity contribution in [2.24, 2.45) is 16.5 Å². The van der Waals surface area contributed by atoms with Crippen LogP contribution in [0.4, 0.5) is 0 Å². The van der Waals surface area contributed by atoms with Crippen molar-refractivity contribution < 1.29 is 15.4 Å². The third kappa shape index (κ3) is 7.71. The largest absolute Gasteiger partial charge is 0.480 e. The van der Waals surface area contributed by atoms with Crippen LogP contribution in [0.3, 0.4) is 0 Å². The van der Waals surface area contributed by atoms with Gasteiger partial charge in [0.15, 0.2) is 5.96 Å². The van der Waals surface area contributed by atoms with Crippen LogP contribution >= 0.6 is 0 Å². The molecule has 7 heteroatoms. The van der Waals surface area contributed by atoms with Crippen molar-refractivity contribution >= 4 is 11.9 Å². The lowest BCUT2D eigenvalue weighted by molar-refractivity contribution is -0.142. The molecule has 0 radical (unpaired) electrons. The molecule has 7 nitrogen and oxygen atoms in total. The van der Waals surface area contributed by atoms with Gasteiger partial charge < -0.3 is 22.1 Å². The van der Waals surface area contributed by atoms with Crippen LogP contribution in [0, 0.1) is 0 Å². The number of carbonyl (C=O) groups is 1. The number of nitrogens with zero attached hydrogens (tertiary/aromatic N) is 2. The second-order valence-electron chi connectivity index (χ2n) is 3.27. The van der Waals surface area contributed by atoms with Crippen LogP contribution in [0.2, 0.25) is 0 Å². The van der Waals surface area contributed by atoms with Crippen molar-refractivity contribution in [3.63, 3.8) is 0 Å². The van der Waals surface area contributed by atoms with Crippen LogP contribution in [0.25, 0.3) is 0 Å². The van der Waals surface area contributed by atoms with Gasteiger partial charge >= 0.3 is 5.97 Å². The van der Waals surface area contributed by atoms with Gasteiger partial charge in [0.05, 0.1) is 0 Å². The molecule has 0 aliphatic heterocycles. The zero-order valence-electron chi connectivity index (χ0n) is 9.10. The molecule has 0 heterocycles. The highest BCUT2D eigenvalue weighted by Gasteiger charge is 2.18. The Hall–Kier alpha value is -1.34. The van der Waals surface area contributed by atoms with Gasteiger partial charge in [-0.1, -0.05) is 0 Å². The molecule has 90 valence electrons. The highest BCUT2D eigenvalue weighted by Crippen LogP contribution is 2.03. The minimum atomic E-state index is -0.820. The zero-order valence-corrected chi connectivity index (χ0v) is 9.10. The van der Waals surface area contributed by atoms with Crippen molar-refractivity contribution in [1.82, 2.24) is 4.90 Å². The minimum Gasteiger partial charge on any atom is -0.480 e. The summed E-state index contributed by atoms with van der Waals surface area (Å²) in [4.78, 5) is 16.2. The maximum Gasteiger partial charge on any atom is 0.320 e. The van der Waals surface area contributed by atoms with Gasteiger partial charge in [-0.05, 0) is 26.9 Å². The Kier molecular flexibility index (Phi) is 8.60. The summed E-state index contributed by atoms with van der Waals surface area (Å²) in [5.41, 5.74) is 10.3. The van der Waals surface area contributed by atoms with Crippen LogP contribution in [-0.2, 0) is 4.79 Å². The molecule has 0 amide bonds. The Bertz CT molecular complexity index is 214. The van der Waals surface area contributed by atoms with Gasteiger partial charge in [0.2, 0.25) is 0 Å². The number of carboxylic acid groups (broad SMARTS) is 1. The van der Waals surface area contributed by atoms with Crippen molar-refractivity contribution in [3.8, 4) is 0 Å². The van der Waals surface area contributed by atoms with Crippen LogP contribution in [0.15, 0.2) is 4.99 Å². The van der Waals surface area contributed by atoms with E-state index in [1.54, 1.807) is 19.0 Å². The van der Waals surface area contributed by atoms with Gasteiger partial charge in [-0.25, -0.2) is 0 Å². The van der Waals surface area contributed by atoms with Crippen molar-refractivity contribution in [3.05, 3.63) is 0 Å². The third-order valence-corrected chi connectivity index (χ3v) is 1.84. The fourth-order valence-electron chi connectivity index (χ4n) is 1.10. The molecule has 0 aliphatic carbocycles. The number of guanidine groups is 1. The molecule has 15 heavy (non-hydrogen) atoms. The van der Waals surface area contributed by atoms with E-state index in [-0.39, 0.29) is 11.4 Å². The molecule has 7 N–H and O–H groups in total. The van der Waals surface area contributed by atoms with Gasteiger partial charge in [0.25, 0.3) is 0 Å². The molecular formula is C8H20N4O3. The second-order valence-corrected chi connectivity index (χ2v) is 3.27. The molecule has 0 unspecified atom stereocenters. The molecule has 0 saturated carbocycles. The molecule has 0 aromatic carbocycles. The molecule has 0 aromatic rings. The van der Waals surface area contributed by atoms with E-state index < -0.39 is 12.0 Å². The summed E-state index contributed by atoms with van der Waals surface area (Å²) in [6, 6.07) is -0.468. The number of aliphatic imine (C=N–C) groups is 1. The van der Waals surface area contributed by atoms with Crippen LogP contribution < -0.4 is 11.5 Å². The molecular weight excluding hydrogens is 200 g/mol. The summed E-state index contributed by atoms with van der Waals surface area (Å²) in [5, 5.41) is 8.83. The van der Waals surface area contributed by atoms with Gasteiger partial charge in [-0.3, -0.25) is 14.7 Å². The molecule has 0 saturated heterocycles. The van der Waals surface area contributed by atoms with Crippen LogP contribution in [-0.4, -0.2) is 54.1 Å². The number of likely N-dealkylation sites (N-methyl/N-ethyl adjacent to an activating group) is 1. The molecule has 0 rings (SSSR count). The topological polar surface area (TPSA) is 136 Å². The van der Waals surface area contributed by atoms with Gasteiger partial charge in [-0.15, -0.1) is 0 Å². The Morgan fingerprint density at radius 1 is 1.47 bits per heavy atom. The summed E-state index contributed by atoms with van der Waals surface area (Å²) < 4.78 is 0. The summed E-state index contributed by atoms with van der Waals surface area (Å²) in [7, 11) is 3.47. The lowest BCUT2D eigenvalue weighted by Gasteiger charge is -2.19. The number of hydrogen-bond acceptors (Lipinski definition) is 3. The first kappa shape index (κ1) is 16.1. The van der Waals surface area contributed by atoms with Crippen LogP contribution in [0.1, 0.15) is 12.8 Å². The molecule has 0 bridgehead atoms. The fraction of sp³-hybridized carbons (Fsp3) is 0.750. The predicted molar refractivity (Wildman–Crippen MR) is 58.6 cm³/mol. The second kappa shape index (κ2) is 8.01. The van der Waals surface area contributed by atoms with E-state index in [4.69, 9.17) is 16.6 Å². The van der Waals surface area contributed by atoms with E-state index in [9.17, 15) is 4.79 Å². The Balaban J connectivity index is 0. The number of hydrogen-bond donors (Lipinski definition) is 3. The van der Waals surface area contributed by atoms with Crippen molar-refractivity contribution in [1.29, 1.82) is 0 Å². The highest BCUT2D eigenvalue weighted by atomic mass is 16.4. The smallest absolute Gasteiger partial charge is 0.320 e. The lowest BCUT2D eigenvalue weighted by Crippen LogP contribution is -2.35. The molecule has 0 fully saturated rings. The van der Waals surface area contributed by atoms with Crippen molar-refractivity contribution in [2.75, 3.05) is 20.6 Å². The predicted octanol–water partition coefficient (Wildman–Crippen LogP) is -1.77. The number of aliphatic carboxylic acids is 1. The zero-order chi connectivity index (χ0) is 11.1. The van der Waals surface area contributed by atoms with E-state index in [2.05, 4.69) is 4.99 Å². The summed E-state index contributed by atoms with van der Waals surface area (Å²) in [6.07, 6.45) is 1.20. The van der Waals surface area contributed by atoms with E-state index in [1.165, 1.54) is 0 Å². The Morgan fingerprint density at radius 3 is 2.33 bits per heavy atom. The average Bonchev–Trinajstić information content (AvgIpc) is 2.01. The molecule has 1 atom stereocenters. The lowest BCUT2D eigenvalue weighted by atomic mass is 10.1. The molecule has 0 spiro atoms. The standard InChI is InChI=1S/C8H18N4O2.H2O/c1-12(2)6(7(13)14)4-3-5-11-8(9)10;/h6H,3-5H2,1-2H3,(H,13,14)(H4,9,10,11);1H2/t6-;/m0./s1. The molecule has 0 aromatic heterocycles. The SMILES string of the molecule is CN(C)[C@@H](CCCN=C(N)N)C(=O)O.O. The fourth-order valence-corrected chi connectivity index (χ4v) is 1.10. The van der Waals surface area contributed by atoms with E-state index in [1.807, 2.05) is 0 Å². The van der Waals surface area contributed by atoms with Crippen molar-refractivity contribution in [2.45, 2.75) is 18.9 Å². The van der Waals surface area contributed by atoms with Gasteiger partial charge in [0, 0.05) is 6.54 Å². The average molecular weight is 220 g/mol. The Labute approximate surface area is 89.1 Å². The van der Waals surface area contributed by atoms with E-state index >= 15 is 0 Å². The van der Waals surface area contributed by atoms with E-state index in [0.717, 1.165) is 0 Å². The maximum atomic E-state index is 10.7. The summed E-state index contributed by atoms with van der Waals surface area (Å²) in [6.45, 7) is 0.472.